The average molecular weight is 274 g/mol. The molecule has 2 rings (SSSR count). The van der Waals surface area contributed by atoms with Crippen LogP contribution >= 0.6 is 0 Å². The van der Waals surface area contributed by atoms with E-state index in [4.69, 9.17) is 0 Å². The van der Waals surface area contributed by atoms with E-state index >= 15 is 0 Å². The molecule has 0 heterocycles. The Hall–Kier alpha value is -1.51. The van der Waals surface area contributed by atoms with Crippen molar-refractivity contribution in [2.75, 3.05) is 7.05 Å². The van der Waals surface area contributed by atoms with Crippen molar-refractivity contribution in [1.82, 2.24) is 10.2 Å². The normalized spacial score (nSPS) is 17.4. The molecule has 1 aliphatic carbocycles. The molecule has 1 N–H and O–H groups in total. The lowest BCUT2D eigenvalue weighted by molar-refractivity contribution is 0.185. The minimum absolute atomic E-state index is 0.0245. The Morgan fingerprint density at radius 3 is 2.40 bits per heavy atom. The van der Waals surface area contributed by atoms with Gasteiger partial charge in [0.25, 0.3) is 0 Å². The maximum atomic E-state index is 12.2. The molecule has 0 spiro atoms. The number of nitrogens with one attached hydrogen (secondary N) is 1. The van der Waals surface area contributed by atoms with Gasteiger partial charge in [-0.1, -0.05) is 31.2 Å². The predicted molar refractivity (Wildman–Crippen MR) is 82.7 cm³/mol. The second-order valence-electron chi connectivity index (χ2n) is 5.96. The summed E-state index contributed by atoms with van der Waals surface area (Å²) < 4.78 is 0. The third-order valence-corrected chi connectivity index (χ3v) is 4.46. The predicted octanol–water partition coefficient (Wildman–Crippen LogP) is 3.75. The summed E-state index contributed by atoms with van der Waals surface area (Å²) in [4.78, 5) is 14.1. The van der Waals surface area contributed by atoms with Crippen LogP contribution < -0.4 is 5.32 Å². The van der Waals surface area contributed by atoms with Gasteiger partial charge in [0.15, 0.2) is 0 Å². The SMILES string of the molecule is CCc1ccc([C@@H](C)NC(=O)N(C)[C@@H](C)C2CC2)cc1. The Bertz CT molecular complexity index is 451. The number of benzene rings is 1. The number of nitrogens with zero attached hydrogens (tertiary/aromatic N) is 1. The highest BCUT2D eigenvalue weighted by Crippen LogP contribution is 2.34. The summed E-state index contributed by atoms with van der Waals surface area (Å²) in [7, 11) is 1.89. The number of hydrogen-bond acceptors (Lipinski definition) is 1. The first-order valence-electron chi connectivity index (χ1n) is 7.65. The molecular weight excluding hydrogens is 248 g/mol. The minimum Gasteiger partial charge on any atom is -0.331 e. The van der Waals surface area contributed by atoms with Crippen LogP contribution in [0.1, 0.15) is 50.8 Å². The first-order chi connectivity index (χ1) is 9.52. The minimum atomic E-state index is 0.0245. The van der Waals surface area contributed by atoms with Gasteiger partial charge in [0, 0.05) is 13.1 Å². The van der Waals surface area contributed by atoms with E-state index in [1.54, 1.807) is 0 Å². The molecule has 0 saturated heterocycles. The molecule has 20 heavy (non-hydrogen) atoms. The fourth-order valence-corrected chi connectivity index (χ4v) is 2.49. The molecule has 3 heteroatoms. The zero-order valence-electron chi connectivity index (χ0n) is 13.0. The smallest absolute Gasteiger partial charge is 0.317 e. The first kappa shape index (κ1) is 14.9. The zero-order valence-corrected chi connectivity index (χ0v) is 13.0. The molecule has 0 bridgehead atoms. The average Bonchev–Trinajstić information content (AvgIpc) is 3.30. The highest BCUT2D eigenvalue weighted by atomic mass is 16.2. The van der Waals surface area contributed by atoms with Crippen molar-refractivity contribution in [2.24, 2.45) is 5.92 Å². The molecule has 1 fully saturated rings. The molecule has 1 saturated carbocycles. The lowest BCUT2D eigenvalue weighted by Gasteiger charge is -2.27. The molecule has 1 aromatic carbocycles. The van der Waals surface area contributed by atoms with Crippen molar-refractivity contribution in [1.29, 1.82) is 0 Å². The van der Waals surface area contributed by atoms with E-state index in [0.717, 1.165) is 12.0 Å². The van der Waals surface area contributed by atoms with Crippen LogP contribution in [-0.2, 0) is 6.42 Å². The van der Waals surface area contributed by atoms with Crippen molar-refractivity contribution in [3.05, 3.63) is 35.4 Å². The number of amides is 2. The molecule has 2 atom stereocenters. The fraction of sp³-hybridized carbons (Fsp3) is 0.588. The fourth-order valence-electron chi connectivity index (χ4n) is 2.49. The van der Waals surface area contributed by atoms with Crippen molar-refractivity contribution < 1.29 is 4.79 Å². The second kappa shape index (κ2) is 6.29. The Kier molecular flexibility index (Phi) is 4.69. The van der Waals surface area contributed by atoms with E-state index in [1.165, 1.54) is 18.4 Å². The van der Waals surface area contributed by atoms with E-state index < -0.39 is 0 Å². The van der Waals surface area contributed by atoms with Gasteiger partial charge in [-0.25, -0.2) is 4.79 Å². The molecule has 1 aliphatic rings. The number of carbonyl (C=O) groups is 1. The lowest BCUT2D eigenvalue weighted by Crippen LogP contribution is -2.44. The van der Waals surface area contributed by atoms with Crippen LogP contribution in [-0.4, -0.2) is 24.0 Å². The van der Waals surface area contributed by atoms with Crippen LogP contribution in [0.4, 0.5) is 4.79 Å². The van der Waals surface area contributed by atoms with E-state index in [1.807, 2.05) is 18.9 Å². The number of aryl methyl sites for hydroxylation is 1. The Morgan fingerprint density at radius 2 is 1.90 bits per heavy atom. The van der Waals surface area contributed by atoms with E-state index in [9.17, 15) is 4.79 Å². The monoisotopic (exact) mass is 274 g/mol. The zero-order chi connectivity index (χ0) is 14.7. The maximum absolute atomic E-state index is 12.2. The van der Waals surface area contributed by atoms with Gasteiger partial charge >= 0.3 is 6.03 Å². The number of hydrogen-bond donors (Lipinski definition) is 1. The third kappa shape index (κ3) is 3.53. The van der Waals surface area contributed by atoms with Gasteiger partial charge in [0.2, 0.25) is 0 Å². The molecule has 0 unspecified atom stereocenters. The summed E-state index contributed by atoms with van der Waals surface area (Å²) in [6.45, 7) is 6.32. The highest BCUT2D eigenvalue weighted by molar-refractivity contribution is 5.74. The van der Waals surface area contributed by atoms with Crippen molar-refractivity contribution in [3.63, 3.8) is 0 Å². The maximum Gasteiger partial charge on any atom is 0.317 e. The second-order valence-corrected chi connectivity index (χ2v) is 5.96. The largest absolute Gasteiger partial charge is 0.331 e. The quantitative estimate of drug-likeness (QED) is 0.871. The third-order valence-electron chi connectivity index (χ3n) is 4.46. The van der Waals surface area contributed by atoms with Crippen LogP contribution in [0.5, 0.6) is 0 Å². The molecule has 3 nitrogen and oxygen atoms in total. The van der Waals surface area contributed by atoms with Crippen LogP contribution in [0.3, 0.4) is 0 Å². The summed E-state index contributed by atoms with van der Waals surface area (Å²) >= 11 is 0. The van der Waals surface area contributed by atoms with Crippen molar-refractivity contribution >= 4 is 6.03 Å². The van der Waals surface area contributed by atoms with Gasteiger partial charge in [-0.3, -0.25) is 0 Å². The van der Waals surface area contributed by atoms with Gasteiger partial charge in [-0.05, 0) is 50.2 Å². The van der Waals surface area contributed by atoms with Crippen LogP contribution in [0.2, 0.25) is 0 Å². The summed E-state index contributed by atoms with van der Waals surface area (Å²) in [6, 6.07) is 8.88. The lowest BCUT2D eigenvalue weighted by atomic mass is 10.1. The van der Waals surface area contributed by atoms with Gasteiger partial charge in [-0.2, -0.15) is 0 Å². The molecular formula is C17H26N2O. The number of rotatable bonds is 5. The Morgan fingerprint density at radius 1 is 1.30 bits per heavy atom. The van der Waals surface area contributed by atoms with E-state index in [-0.39, 0.29) is 12.1 Å². The van der Waals surface area contributed by atoms with E-state index in [0.29, 0.717) is 12.0 Å². The highest BCUT2D eigenvalue weighted by Gasteiger charge is 2.32. The van der Waals surface area contributed by atoms with Crippen LogP contribution in [0.25, 0.3) is 0 Å². The summed E-state index contributed by atoms with van der Waals surface area (Å²) in [6.07, 6.45) is 3.56. The van der Waals surface area contributed by atoms with Crippen LogP contribution in [0, 0.1) is 5.92 Å². The molecule has 2 amide bonds. The molecule has 0 aromatic heterocycles. The van der Waals surface area contributed by atoms with Gasteiger partial charge in [0.05, 0.1) is 6.04 Å². The Labute approximate surface area is 122 Å². The van der Waals surface area contributed by atoms with Gasteiger partial charge in [0.1, 0.15) is 0 Å². The number of urea groups is 1. The summed E-state index contributed by atoms with van der Waals surface area (Å²) in [5, 5.41) is 3.08. The van der Waals surface area contributed by atoms with Gasteiger partial charge in [-0.15, -0.1) is 0 Å². The van der Waals surface area contributed by atoms with Gasteiger partial charge < -0.3 is 10.2 Å². The first-order valence-corrected chi connectivity index (χ1v) is 7.65. The van der Waals surface area contributed by atoms with Crippen molar-refractivity contribution in [3.8, 4) is 0 Å². The summed E-state index contributed by atoms with van der Waals surface area (Å²) in [5.74, 6) is 0.699. The topological polar surface area (TPSA) is 32.3 Å². The van der Waals surface area contributed by atoms with Crippen LogP contribution in [0.15, 0.2) is 24.3 Å². The van der Waals surface area contributed by atoms with Crippen molar-refractivity contribution in [2.45, 2.75) is 52.1 Å². The Balaban J connectivity index is 1.91. The standard InChI is InChI=1S/C17H26N2O/c1-5-14-6-8-15(9-7-14)12(2)18-17(20)19(4)13(3)16-10-11-16/h6-9,12-13,16H,5,10-11H2,1-4H3,(H,18,20)/t12-,13+/m1/s1. The summed E-state index contributed by atoms with van der Waals surface area (Å²) in [5.41, 5.74) is 2.48. The number of carbonyl (C=O) groups excluding carboxylic acids is 1. The molecule has 110 valence electrons. The molecule has 1 aromatic rings. The molecule has 0 radical (unpaired) electrons. The van der Waals surface area contributed by atoms with E-state index in [2.05, 4.69) is 43.4 Å². The molecule has 0 aliphatic heterocycles.